The van der Waals surface area contributed by atoms with Crippen LogP contribution >= 0.6 is 39.3 Å². The zero-order valence-corrected chi connectivity index (χ0v) is 19.7. The van der Waals surface area contributed by atoms with Crippen molar-refractivity contribution in [1.29, 1.82) is 0 Å². The maximum atomic E-state index is 12.3. The van der Waals surface area contributed by atoms with Crippen LogP contribution in [-0.2, 0) is 4.79 Å². The lowest BCUT2D eigenvalue weighted by molar-refractivity contribution is -0.118. The summed E-state index contributed by atoms with van der Waals surface area (Å²) >= 11 is 10.8. The Morgan fingerprint density at radius 1 is 1.12 bits per heavy atom. The molecule has 7 nitrogen and oxygen atoms in total. The summed E-state index contributed by atoms with van der Waals surface area (Å²) < 4.78 is 2.86. The second-order valence-electron chi connectivity index (χ2n) is 6.46. The van der Waals surface area contributed by atoms with E-state index in [9.17, 15) is 4.79 Å². The van der Waals surface area contributed by atoms with Crippen LogP contribution in [0.4, 0.5) is 0 Å². The quantitative estimate of drug-likeness (QED) is 0.208. The van der Waals surface area contributed by atoms with Crippen molar-refractivity contribution in [2.24, 2.45) is 5.10 Å². The Bertz CT molecular complexity index is 1250. The number of hydrazone groups is 1. The van der Waals surface area contributed by atoms with Gasteiger partial charge in [-0.05, 0) is 42.5 Å². The van der Waals surface area contributed by atoms with Gasteiger partial charge in [0.25, 0.3) is 5.91 Å². The summed E-state index contributed by atoms with van der Waals surface area (Å²) in [5, 5.41) is 13.8. The number of carbonyl (C=O) groups is 1. The van der Waals surface area contributed by atoms with Crippen LogP contribution in [0.5, 0.6) is 0 Å². The number of aromatic nitrogens is 4. The van der Waals surface area contributed by atoms with Crippen LogP contribution in [-0.4, -0.2) is 37.6 Å². The predicted molar refractivity (Wildman–Crippen MR) is 130 cm³/mol. The number of rotatable bonds is 7. The molecule has 1 amide bonds. The average Bonchev–Trinajstić information content (AvgIpc) is 3.24. The Kier molecular flexibility index (Phi) is 7.31. The van der Waals surface area contributed by atoms with Gasteiger partial charge in [0.15, 0.2) is 11.0 Å². The number of carbonyl (C=O) groups excluding carboxylic acids is 1. The molecule has 32 heavy (non-hydrogen) atoms. The standard InChI is InChI=1S/C22H16BrClN6OS/c23-17-7-9-18(10-8-17)30-21(16-5-3-11-25-12-16)28-29-22(30)32-14-20(31)27-26-13-15-4-1-2-6-19(15)24/h1-13H,14H2,(H,27,31). The van der Waals surface area contributed by atoms with E-state index in [1.165, 1.54) is 18.0 Å². The van der Waals surface area contributed by atoms with Gasteiger partial charge >= 0.3 is 0 Å². The molecule has 2 heterocycles. The first-order chi connectivity index (χ1) is 15.6. The molecule has 1 N–H and O–H groups in total. The Morgan fingerprint density at radius 2 is 1.94 bits per heavy atom. The van der Waals surface area contributed by atoms with Crippen LogP contribution in [0.3, 0.4) is 0 Å². The monoisotopic (exact) mass is 526 g/mol. The van der Waals surface area contributed by atoms with Crippen molar-refractivity contribution in [3.8, 4) is 17.1 Å². The number of hydrogen-bond acceptors (Lipinski definition) is 6. The van der Waals surface area contributed by atoms with Gasteiger partial charge in [-0.3, -0.25) is 14.3 Å². The lowest BCUT2D eigenvalue weighted by atomic mass is 10.2. The minimum atomic E-state index is -0.272. The van der Waals surface area contributed by atoms with E-state index in [-0.39, 0.29) is 11.7 Å². The molecule has 2 aromatic heterocycles. The maximum Gasteiger partial charge on any atom is 0.250 e. The van der Waals surface area contributed by atoms with Gasteiger partial charge in [-0.2, -0.15) is 5.10 Å². The Morgan fingerprint density at radius 3 is 2.69 bits per heavy atom. The number of halogens is 2. The molecule has 4 aromatic rings. The summed E-state index contributed by atoms with van der Waals surface area (Å²) in [7, 11) is 0. The molecule has 0 fully saturated rings. The third-order valence-electron chi connectivity index (χ3n) is 4.27. The first kappa shape index (κ1) is 22.2. The molecule has 0 atom stereocenters. The number of thioether (sulfide) groups is 1. The average molecular weight is 528 g/mol. The van der Waals surface area contributed by atoms with Crippen molar-refractivity contribution in [2.75, 3.05) is 5.75 Å². The number of nitrogens with zero attached hydrogens (tertiary/aromatic N) is 5. The zero-order chi connectivity index (χ0) is 22.3. The minimum Gasteiger partial charge on any atom is -0.272 e. The van der Waals surface area contributed by atoms with E-state index in [1.54, 1.807) is 18.5 Å². The summed E-state index contributed by atoms with van der Waals surface area (Å²) in [6.07, 6.45) is 4.94. The van der Waals surface area contributed by atoms with Crippen molar-refractivity contribution < 1.29 is 4.79 Å². The molecule has 10 heteroatoms. The lowest BCUT2D eigenvalue weighted by Gasteiger charge is -2.10. The fraction of sp³-hybridized carbons (Fsp3) is 0.0455. The molecule has 2 aromatic carbocycles. The normalized spacial score (nSPS) is 11.1. The van der Waals surface area contributed by atoms with Crippen molar-refractivity contribution in [3.05, 3.63) is 88.1 Å². The summed E-state index contributed by atoms with van der Waals surface area (Å²) in [5.41, 5.74) is 4.93. The van der Waals surface area contributed by atoms with Crippen molar-refractivity contribution in [2.45, 2.75) is 5.16 Å². The third kappa shape index (κ3) is 5.42. The van der Waals surface area contributed by atoms with E-state index in [1.807, 2.05) is 59.2 Å². The molecular formula is C22H16BrClN6OS. The number of hydrogen-bond donors (Lipinski definition) is 1. The zero-order valence-electron chi connectivity index (χ0n) is 16.5. The van der Waals surface area contributed by atoms with Gasteiger partial charge < -0.3 is 0 Å². The van der Waals surface area contributed by atoms with Crippen LogP contribution in [0.25, 0.3) is 17.1 Å². The van der Waals surface area contributed by atoms with Crippen molar-refractivity contribution in [3.63, 3.8) is 0 Å². The number of nitrogens with one attached hydrogen (secondary N) is 1. The summed E-state index contributed by atoms with van der Waals surface area (Å²) in [6, 6.07) is 18.8. The molecule has 4 rings (SSSR count). The van der Waals surface area contributed by atoms with Crippen LogP contribution in [0.2, 0.25) is 5.02 Å². The smallest absolute Gasteiger partial charge is 0.250 e. The van der Waals surface area contributed by atoms with Crippen molar-refractivity contribution in [1.82, 2.24) is 25.2 Å². The van der Waals surface area contributed by atoms with E-state index >= 15 is 0 Å². The van der Waals surface area contributed by atoms with Crippen LogP contribution in [0, 0.1) is 0 Å². The molecule has 0 saturated carbocycles. The third-order valence-corrected chi connectivity index (χ3v) is 6.07. The molecule has 0 spiro atoms. The van der Waals surface area contributed by atoms with E-state index in [2.05, 4.69) is 41.6 Å². The van der Waals surface area contributed by atoms with Gasteiger partial charge in [0.1, 0.15) is 0 Å². The predicted octanol–water partition coefficient (Wildman–Crippen LogP) is 4.99. The maximum absolute atomic E-state index is 12.3. The second kappa shape index (κ2) is 10.5. The highest BCUT2D eigenvalue weighted by atomic mass is 79.9. The first-order valence-corrected chi connectivity index (χ1v) is 11.6. The van der Waals surface area contributed by atoms with Crippen LogP contribution in [0.1, 0.15) is 5.56 Å². The van der Waals surface area contributed by atoms with E-state index in [4.69, 9.17) is 11.6 Å². The van der Waals surface area contributed by atoms with Crippen LogP contribution < -0.4 is 5.43 Å². The fourth-order valence-electron chi connectivity index (χ4n) is 2.78. The number of benzene rings is 2. The lowest BCUT2D eigenvalue weighted by Crippen LogP contribution is -2.20. The van der Waals surface area contributed by atoms with Gasteiger partial charge in [-0.25, -0.2) is 5.43 Å². The highest BCUT2D eigenvalue weighted by Gasteiger charge is 2.17. The van der Waals surface area contributed by atoms with E-state index < -0.39 is 0 Å². The Labute approximate surface area is 202 Å². The highest BCUT2D eigenvalue weighted by Crippen LogP contribution is 2.28. The molecule has 0 bridgehead atoms. The molecular weight excluding hydrogens is 512 g/mol. The molecule has 160 valence electrons. The SMILES string of the molecule is O=C(CSc1nnc(-c2cccnc2)n1-c1ccc(Br)cc1)NN=Cc1ccccc1Cl. The fourth-order valence-corrected chi connectivity index (χ4v) is 3.98. The van der Waals surface area contributed by atoms with Crippen LogP contribution in [0.15, 0.2) is 87.8 Å². The topological polar surface area (TPSA) is 85.1 Å². The molecule has 0 aliphatic carbocycles. The Balaban J connectivity index is 1.51. The van der Waals surface area contributed by atoms with Gasteiger partial charge in [0.05, 0.1) is 12.0 Å². The Hall–Kier alpha value is -3.01. The molecule has 0 aliphatic heterocycles. The molecule has 0 unspecified atom stereocenters. The van der Waals surface area contributed by atoms with E-state index in [0.717, 1.165) is 21.3 Å². The minimum absolute atomic E-state index is 0.113. The number of pyridine rings is 1. The van der Waals surface area contributed by atoms with Gasteiger partial charge in [-0.1, -0.05) is 57.5 Å². The molecule has 0 saturated heterocycles. The van der Waals surface area contributed by atoms with Gasteiger partial charge in [0.2, 0.25) is 0 Å². The summed E-state index contributed by atoms with van der Waals surface area (Å²) in [6.45, 7) is 0. The first-order valence-electron chi connectivity index (χ1n) is 9.43. The van der Waals surface area contributed by atoms with Gasteiger partial charge in [0, 0.05) is 38.7 Å². The highest BCUT2D eigenvalue weighted by molar-refractivity contribution is 9.10. The molecule has 0 radical (unpaired) electrons. The summed E-state index contributed by atoms with van der Waals surface area (Å²) in [4.78, 5) is 16.5. The number of amides is 1. The summed E-state index contributed by atoms with van der Waals surface area (Å²) in [5.74, 6) is 0.480. The van der Waals surface area contributed by atoms with Crippen molar-refractivity contribution >= 4 is 51.4 Å². The van der Waals surface area contributed by atoms with Gasteiger partial charge in [-0.15, -0.1) is 10.2 Å². The largest absolute Gasteiger partial charge is 0.272 e. The van der Waals surface area contributed by atoms with E-state index in [0.29, 0.717) is 16.0 Å². The second-order valence-corrected chi connectivity index (χ2v) is 8.73. The molecule has 0 aliphatic rings.